The molecule has 2 amide bonds. The van der Waals surface area contributed by atoms with Crippen molar-refractivity contribution < 1.29 is 83.8 Å². The number of ether oxygens (including phenoxy) is 1. The summed E-state index contributed by atoms with van der Waals surface area (Å²) in [7, 11) is -27.5. The van der Waals surface area contributed by atoms with Crippen LogP contribution in [0, 0.1) is 0 Å². The Balaban J connectivity index is 0.956. The van der Waals surface area contributed by atoms with Gasteiger partial charge in [-0.3, -0.25) is 4.55 Å². The van der Waals surface area contributed by atoms with Crippen LogP contribution in [-0.4, -0.2) is 192 Å². The quantitative estimate of drug-likeness (QED) is 0.0111. The SMILES string of the molecule is C[Si](C)(CCCNC(=O)CCC[N+](CCCNS(=O)(=O)O)(CCCS(=O)(=O)[O-])CCCS(=O)(=O)ON)O[Si-2]123(O[Si](C)(C)CCCNC(=O)COCC(=O)ON)n4c5c6ccccc6c4N=C4c6ccccc6C(=[N+]41)N=c1c4ccccc4c(n12)=NC1=[N+]3C(=N5)c2ccccc21. The zero-order valence-electron chi connectivity index (χ0n) is 52.9. The Morgan fingerprint density at radius 1 is 0.589 bits per heavy atom. The number of fused-ring (bicyclic) bond motifs is 12. The van der Waals surface area contributed by atoms with Crippen LogP contribution in [0.3, 0.4) is 0 Å². The maximum absolute atomic E-state index is 14.1. The number of carbonyl (C=O) groups is 3. The van der Waals surface area contributed by atoms with Crippen LogP contribution in [0.25, 0.3) is 21.5 Å². The molecule has 0 fully saturated rings. The van der Waals surface area contributed by atoms with Crippen molar-refractivity contribution in [3.05, 3.63) is 130 Å². The summed E-state index contributed by atoms with van der Waals surface area (Å²) in [5.74, 6) is 10.5. The normalized spacial score (nSPS) is 17.9. The molecule has 0 saturated carbocycles. The molecule has 30 nitrogen and oxygen atoms in total. The fourth-order valence-corrected chi connectivity index (χ4v) is 39.0. The number of carbonyl (C=O) groups excluding carboxylic acids is 3. The van der Waals surface area contributed by atoms with Gasteiger partial charge in [-0.2, -0.15) is 37.6 Å². The average molecular weight is 1420 g/mol. The summed E-state index contributed by atoms with van der Waals surface area (Å²) in [6.45, 7) is 8.47. The van der Waals surface area contributed by atoms with E-state index < -0.39 is 91.5 Å². The van der Waals surface area contributed by atoms with Gasteiger partial charge >= 0.3 is 440 Å². The van der Waals surface area contributed by atoms with Gasteiger partial charge in [0.2, 0.25) is 0 Å². The van der Waals surface area contributed by atoms with Crippen LogP contribution >= 0.6 is 0 Å². The van der Waals surface area contributed by atoms with E-state index in [1.165, 1.54) is 0 Å². The molecule has 1 spiro atoms. The minimum absolute atomic E-state index is 0.00729. The summed E-state index contributed by atoms with van der Waals surface area (Å²) in [6.07, 6.45) is 1.06. The third-order valence-electron chi connectivity index (χ3n) is 18.6. The summed E-state index contributed by atoms with van der Waals surface area (Å²) >= 11 is 0. The molecule has 0 aliphatic carbocycles. The molecule has 0 radical (unpaired) electrons. The molecule has 0 bridgehead atoms. The topological polar surface area (TPSA) is 397 Å². The first-order valence-corrected chi connectivity index (χ1v) is 44.8. The second kappa shape index (κ2) is 24.7. The summed E-state index contributed by atoms with van der Waals surface area (Å²) in [5, 5.41) is 9.25. The first kappa shape index (κ1) is 67.7. The molecule has 1 unspecified atom stereocenters. The molecular weight excluding hydrogens is 1340 g/mol. The van der Waals surface area contributed by atoms with Crippen molar-refractivity contribution in [3.8, 4) is 0 Å². The van der Waals surface area contributed by atoms with E-state index in [2.05, 4.69) is 62.9 Å². The molecule has 6 aromatic rings. The third-order valence-corrected chi connectivity index (χ3v) is 37.7. The van der Waals surface area contributed by atoms with Crippen molar-refractivity contribution in [1.29, 1.82) is 0 Å². The molecule has 0 saturated heterocycles. The number of amides is 2. The molecule has 95 heavy (non-hydrogen) atoms. The second-order valence-corrected chi connectivity index (χ2v) is 44.7. The number of aliphatic imine (C=N–C) groups is 2. The second-order valence-electron chi connectivity index (χ2n) is 26.0. The number of rotatable bonds is 34. The van der Waals surface area contributed by atoms with Crippen LogP contribution in [0.5, 0.6) is 0 Å². The number of hydrogen-bond donors (Lipinski definition) is 6. The molecule has 6 aliphatic heterocycles. The molecule has 6 aliphatic rings. The first-order valence-electron chi connectivity index (χ1n) is 31.4. The molecular formula is C59H76N14O16S3Si3. The summed E-state index contributed by atoms with van der Waals surface area (Å²) < 4.78 is 131. The number of nitrogens with zero attached hydrogens (tertiary/aromatic N) is 9. The molecule has 12 rings (SSSR count). The molecule has 8 N–H and O–H groups in total. The number of amidine groups is 4. The van der Waals surface area contributed by atoms with Gasteiger partial charge in [-0.15, -0.1) is 0 Å². The van der Waals surface area contributed by atoms with Gasteiger partial charge in [0.05, 0.1) is 15.9 Å². The fraction of sp³-hybridized carbons (Fsp3) is 0.407. The van der Waals surface area contributed by atoms with Gasteiger partial charge in [0.25, 0.3) is 10.1 Å². The van der Waals surface area contributed by atoms with E-state index in [4.69, 9.17) is 40.6 Å². The van der Waals surface area contributed by atoms with Crippen molar-refractivity contribution in [2.75, 3.05) is 70.5 Å². The zero-order chi connectivity index (χ0) is 67.6. The molecule has 508 valence electrons. The standard InChI is InChI=1S/C59H76N14O16S3Si3/c1-93(2,37-15-28-62-49(74)27-13-31-73(33-17-35-90(77,78)79,32-14-30-64-92(82,83)84)34-18-36-91(80,81)87-61)88-95(89-94(3,4)38-16-29-63-50(75)39-85-40-51(76)86-60)69-52-41-19-5-6-20-42(41)53(69)66-55-45-23-9-10-24-46(45)57(71(55)95)68-59-48-26-12-11-25-47(48)58(72(59)95)67-56-44-22-8-7-21-43(44)54(65-52)70(56)95/h5-12,19-26,64H,13-18,27-40,60-61H2,1-4H3,(H3-,62,63,74,75,77,78,79,82,83,84). The number of nitrogens with two attached hydrogens (primary N) is 2. The predicted octanol–water partition coefficient (Wildman–Crippen LogP) is 2.14. The average Bonchev–Trinajstić information content (AvgIpc) is 1.50. The number of benzene rings is 4. The molecule has 4 aromatic carbocycles. The van der Waals surface area contributed by atoms with Crippen LogP contribution in [0.4, 0.5) is 11.6 Å². The summed E-state index contributed by atoms with van der Waals surface area (Å²) in [5.41, 5.74) is 4.28. The van der Waals surface area contributed by atoms with Crippen molar-refractivity contribution in [3.63, 3.8) is 0 Å². The number of hydrogen-bond acceptors (Lipinski definition) is 21. The van der Waals surface area contributed by atoms with E-state index in [1.807, 2.05) is 102 Å². The van der Waals surface area contributed by atoms with E-state index in [-0.39, 0.29) is 88.3 Å². The number of nitrogens with one attached hydrogen (secondary N) is 3. The fourth-order valence-electron chi connectivity index (χ4n) is 15.2. The summed E-state index contributed by atoms with van der Waals surface area (Å²) in [6, 6.07) is 33.1. The summed E-state index contributed by atoms with van der Waals surface area (Å²) in [4.78, 5) is 66.3. The zero-order valence-corrected chi connectivity index (χ0v) is 58.3. The Bertz CT molecular complexity index is 4690. The van der Waals surface area contributed by atoms with E-state index in [0.29, 0.717) is 70.9 Å². The van der Waals surface area contributed by atoms with Gasteiger partial charge in [0.15, 0.2) is 0 Å². The Morgan fingerprint density at radius 3 is 1.55 bits per heavy atom. The van der Waals surface area contributed by atoms with Gasteiger partial charge in [-0.05, 0) is 0 Å². The first-order chi connectivity index (χ1) is 45.1. The van der Waals surface area contributed by atoms with Crippen LogP contribution in [-0.2, 0) is 67.0 Å². The molecule has 2 aromatic heterocycles. The van der Waals surface area contributed by atoms with Crippen molar-refractivity contribution in [2.24, 2.45) is 31.8 Å². The molecule has 36 heteroatoms. The van der Waals surface area contributed by atoms with Gasteiger partial charge < -0.3 is 4.55 Å². The van der Waals surface area contributed by atoms with Crippen LogP contribution in [0.1, 0.15) is 67.2 Å². The maximum atomic E-state index is 14.1. The predicted molar refractivity (Wildman–Crippen MR) is 356 cm³/mol. The van der Waals surface area contributed by atoms with Crippen LogP contribution in [0.15, 0.2) is 117 Å². The van der Waals surface area contributed by atoms with Gasteiger partial charge in [0.1, 0.15) is 0 Å². The Kier molecular flexibility index (Phi) is 17.6. The van der Waals surface area contributed by atoms with E-state index in [1.54, 1.807) is 0 Å². The Hall–Kier alpha value is -7.25. The molecule has 1 atom stereocenters. The van der Waals surface area contributed by atoms with E-state index >= 15 is 0 Å². The van der Waals surface area contributed by atoms with Gasteiger partial charge in [-0.25, -0.2) is 8.42 Å². The number of aromatic nitrogens is 2. The molecule has 8 heterocycles. The van der Waals surface area contributed by atoms with E-state index in [9.17, 15) is 52.9 Å². The number of quaternary nitrogens is 1. The van der Waals surface area contributed by atoms with Crippen molar-refractivity contribution in [1.82, 2.24) is 23.8 Å². The van der Waals surface area contributed by atoms with Gasteiger partial charge in [0, 0.05) is 31.6 Å². The third kappa shape index (κ3) is 11.6. The van der Waals surface area contributed by atoms with E-state index in [0.717, 1.165) is 43.8 Å². The van der Waals surface area contributed by atoms with Crippen LogP contribution < -0.4 is 38.1 Å². The monoisotopic (exact) mass is 1420 g/mol. The Morgan fingerprint density at radius 2 is 1.05 bits per heavy atom. The van der Waals surface area contributed by atoms with Crippen molar-refractivity contribution >= 4 is 129 Å². The van der Waals surface area contributed by atoms with Crippen LogP contribution in [0.2, 0.25) is 38.3 Å². The Labute approximate surface area is 549 Å². The van der Waals surface area contributed by atoms with Gasteiger partial charge in [-0.1, -0.05) is 0 Å². The van der Waals surface area contributed by atoms with Crippen molar-refractivity contribution in [2.45, 2.75) is 83.2 Å². The minimum atomic E-state index is -7.15.